The summed E-state index contributed by atoms with van der Waals surface area (Å²) >= 11 is 2.19. The molecule has 0 radical (unpaired) electrons. The smallest absolute Gasteiger partial charge is 0.257 e. The fourth-order valence-electron chi connectivity index (χ4n) is 4.01. The van der Waals surface area contributed by atoms with E-state index in [1.807, 2.05) is 12.1 Å². The summed E-state index contributed by atoms with van der Waals surface area (Å²) in [5.74, 6) is -0.298. The average Bonchev–Trinajstić information content (AvgIpc) is 3.24. The molecule has 1 heterocycles. The van der Waals surface area contributed by atoms with Crippen molar-refractivity contribution in [2.75, 3.05) is 4.90 Å². The molecule has 132 valence electrons. The Balaban J connectivity index is 1.62. The van der Waals surface area contributed by atoms with Crippen LogP contribution in [0.3, 0.4) is 0 Å². The van der Waals surface area contributed by atoms with Crippen molar-refractivity contribution < 1.29 is 14.4 Å². The minimum Gasteiger partial charge on any atom is -0.327 e. The fraction of sp³-hybridized carbons (Fsp3) is 0.526. The van der Waals surface area contributed by atoms with Crippen LogP contribution in [-0.4, -0.2) is 34.7 Å². The van der Waals surface area contributed by atoms with Crippen LogP contribution in [0.25, 0.3) is 0 Å². The minimum absolute atomic E-state index is 0.0656. The number of anilines is 1. The highest BCUT2D eigenvalue weighted by Crippen LogP contribution is 2.37. The predicted octanol–water partition coefficient (Wildman–Crippen LogP) is 3.10. The van der Waals surface area contributed by atoms with E-state index < -0.39 is 6.04 Å². The number of rotatable bonds is 4. The molecule has 1 aromatic carbocycles. The summed E-state index contributed by atoms with van der Waals surface area (Å²) in [6, 6.07) is 6.85. The van der Waals surface area contributed by atoms with E-state index in [0.29, 0.717) is 5.69 Å². The van der Waals surface area contributed by atoms with Crippen molar-refractivity contribution in [1.29, 1.82) is 0 Å². The van der Waals surface area contributed by atoms with Crippen molar-refractivity contribution in [2.24, 2.45) is 5.92 Å². The maximum absolute atomic E-state index is 13.1. The van der Waals surface area contributed by atoms with E-state index in [4.69, 9.17) is 0 Å². The number of amides is 3. The van der Waals surface area contributed by atoms with E-state index in [-0.39, 0.29) is 36.1 Å². The molecule has 1 aliphatic heterocycles. The molecule has 0 spiro atoms. The van der Waals surface area contributed by atoms with Gasteiger partial charge < -0.3 is 4.90 Å². The Hall–Kier alpha value is -1.44. The highest BCUT2D eigenvalue weighted by atomic mass is 127. The average molecular weight is 452 g/mol. The summed E-state index contributed by atoms with van der Waals surface area (Å²) in [5, 5.41) is 0. The Kier molecular flexibility index (Phi) is 4.56. The summed E-state index contributed by atoms with van der Waals surface area (Å²) < 4.78 is 1.05. The second-order valence-electron chi connectivity index (χ2n) is 7.22. The molecular formula is C19H21IN2O3. The molecule has 1 aromatic rings. The molecule has 3 fully saturated rings. The topological polar surface area (TPSA) is 57.7 Å². The Morgan fingerprint density at radius 2 is 1.68 bits per heavy atom. The van der Waals surface area contributed by atoms with Gasteiger partial charge in [-0.2, -0.15) is 0 Å². The van der Waals surface area contributed by atoms with Crippen LogP contribution in [-0.2, 0) is 14.4 Å². The molecule has 1 unspecified atom stereocenters. The van der Waals surface area contributed by atoms with Crippen molar-refractivity contribution in [1.82, 2.24) is 4.90 Å². The molecule has 1 saturated heterocycles. The molecule has 0 bridgehead atoms. The van der Waals surface area contributed by atoms with Crippen molar-refractivity contribution in [3.63, 3.8) is 0 Å². The molecule has 3 amide bonds. The van der Waals surface area contributed by atoms with Crippen LogP contribution in [0, 0.1) is 9.49 Å². The van der Waals surface area contributed by atoms with Crippen molar-refractivity contribution >= 4 is 46.0 Å². The highest BCUT2D eigenvalue weighted by Gasteiger charge is 2.49. The van der Waals surface area contributed by atoms with Gasteiger partial charge in [0.25, 0.3) is 5.91 Å². The normalized spacial score (nSPS) is 24.2. The molecular weight excluding hydrogens is 431 g/mol. The largest absolute Gasteiger partial charge is 0.327 e. The molecule has 3 aliphatic rings. The van der Waals surface area contributed by atoms with Crippen molar-refractivity contribution in [3.8, 4) is 0 Å². The van der Waals surface area contributed by atoms with Crippen LogP contribution in [0.15, 0.2) is 24.3 Å². The van der Waals surface area contributed by atoms with E-state index in [1.165, 1.54) is 4.90 Å². The summed E-state index contributed by atoms with van der Waals surface area (Å²) in [6.45, 7) is 0. The van der Waals surface area contributed by atoms with Gasteiger partial charge >= 0.3 is 0 Å². The van der Waals surface area contributed by atoms with Crippen LogP contribution in [0.2, 0.25) is 0 Å². The first-order valence-corrected chi connectivity index (χ1v) is 10.1. The van der Waals surface area contributed by atoms with Gasteiger partial charge in [0.15, 0.2) is 0 Å². The van der Waals surface area contributed by atoms with Gasteiger partial charge in [-0.05, 0) is 72.5 Å². The van der Waals surface area contributed by atoms with Gasteiger partial charge in [-0.1, -0.05) is 12.8 Å². The zero-order chi connectivity index (χ0) is 17.6. The quantitative estimate of drug-likeness (QED) is 0.521. The third-order valence-electron chi connectivity index (χ3n) is 5.44. The summed E-state index contributed by atoms with van der Waals surface area (Å²) in [7, 11) is 0. The zero-order valence-corrected chi connectivity index (χ0v) is 16.1. The molecule has 25 heavy (non-hydrogen) atoms. The van der Waals surface area contributed by atoms with Gasteiger partial charge in [0.05, 0.1) is 12.1 Å². The third-order valence-corrected chi connectivity index (χ3v) is 6.16. The minimum atomic E-state index is -0.622. The number of benzene rings is 1. The second kappa shape index (κ2) is 6.70. The number of imide groups is 1. The van der Waals surface area contributed by atoms with E-state index in [1.54, 1.807) is 17.0 Å². The number of hydrogen-bond acceptors (Lipinski definition) is 3. The van der Waals surface area contributed by atoms with E-state index >= 15 is 0 Å². The molecule has 1 atom stereocenters. The van der Waals surface area contributed by atoms with Crippen LogP contribution in [0.5, 0.6) is 0 Å². The molecule has 4 rings (SSSR count). The van der Waals surface area contributed by atoms with E-state index in [9.17, 15) is 14.4 Å². The number of carbonyl (C=O) groups excluding carboxylic acids is 3. The Bertz CT molecular complexity index is 708. The number of carbonyl (C=O) groups is 3. The van der Waals surface area contributed by atoms with Crippen LogP contribution < -0.4 is 4.90 Å². The van der Waals surface area contributed by atoms with Crippen molar-refractivity contribution in [3.05, 3.63) is 27.8 Å². The van der Waals surface area contributed by atoms with Gasteiger partial charge in [0, 0.05) is 15.5 Å². The summed E-state index contributed by atoms with van der Waals surface area (Å²) in [5.41, 5.74) is 0.600. The maximum atomic E-state index is 13.1. The Labute approximate surface area is 160 Å². The van der Waals surface area contributed by atoms with Gasteiger partial charge in [0.2, 0.25) is 11.8 Å². The fourth-order valence-corrected chi connectivity index (χ4v) is 4.37. The monoisotopic (exact) mass is 452 g/mol. The second-order valence-corrected chi connectivity index (χ2v) is 8.47. The SMILES string of the molecule is O=C1CC(N(C(=O)C2CC2)C2CCCC2)C(=O)N1c1ccc(I)cc1. The van der Waals surface area contributed by atoms with Gasteiger partial charge in [-0.25, -0.2) is 4.90 Å². The molecule has 6 heteroatoms. The molecule has 0 aromatic heterocycles. The van der Waals surface area contributed by atoms with Crippen LogP contribution >= 0.6 is 22.6 Å². The van der Waals surface area contributed by atoms with Crippen LogP contribution in [0.1, 0.15) is 44.9 Å². The zero-order valence-electron chi connectivity index (χ0n) is 14.0. The number of nitrogens with zero attached hydrogens (tertiary/aromatic N) is 2. The molecule has 5 nitrogen and oxygen atoms in total. The first-order valence-electron chi connectivity index (χ1n) is 9.01. The Morgan fingerprint density at radius 3 is 2.28 bits per heavy atom. The standard InChI is InChI=1S/C19H21IN2O3/c20-13-7-9-15(10-8-13)22-17(23)11-16(19(22)25)21(14-3-1-2-4-14)18(24)12-5-6-12/h7-10,12,14,16H,1-6,11H2. The lowest BCUT2D eigenvalue weighted by atomic mass is 10.1. The molecule has 0 N–H and O–H groups in total. The predicted molar refractivity (Wildman–Crippen MR) is 102 cm³/mol. The van der Waals surface area contributed by atoms with E-state index in [2.05, 4.69) is 22.6 Å². The van der Waals surface area contributed by atoms with Crippen LogP contribution in [0.4, 0.5) is 5.69 Å². The number of hydrogen-bond donors (Lipinski definition) is 0. The lowest BCUT2D eigenvalue weighted by molar-refractivity contribution is -0.142. The van der Waals surface area contributed by atoms with Gasteiger partial charge in [0.1, 0.15) is 6.04 Å². The summed E-state index contributed by atoms with van der Waals surface area (Å²) in [4.78, 5) is 41.5. The lowest BCUT2D eigenvalue weighted by Crippen LogP contribution is -2.50. The maximum Gasteiger partial charge on any atom is 0.257 e. The highest BCUT2D eigenvalue weighted by molar-refractivity contribution is 14.1. The van der Waals surface area contributed by atoms with Gasteiger partial charge in [-0.15, -0.1) is 0 Å². The first-order chi connectivity index (χ1) is 12.1. The first kappa shape index (κ1) is 17.0. The molecule has 2 aliphatic carbocycles. The number of halogens is 1. The van der Waals surface area contributed by atoms with E-state index in [0.717, 1.165) is 42.1 Å². The van der Waals surface area contributed by atoms with Crippen molar-refractivity contribution in [2.45, 2.75) is 57.0 Å². The lowest BCUT2D eigenvalue weighted by Gasteiger charge is -2.33. The molecule has 2 saturated carbocycles. The third kappa shape index (κ3) is 3.20. The Morgan fingerprint density at radius 1 is 1.04 bits per heavy atom. The summed E-state index contributed by atoms with van der Waals surface area (Å²) in [6.07, 6.45) is 6.01. The van der Waals surface area contributed by atoms with Gasteiger partial charge in [-0.3, -0.25) is 14.4 Å².